The van der Waals surface area contributed by atoms with Gasteiger partial charge in [0.2, 0.25) is 5.95 Å². The fourth-order valence-corrected chi connectivity index (χ4v) is 1.92. The first-order valence-corrected chi connectivity index (χ1v) is 6.76. The molecule has 1 aromatic carbocycles. The molecule has 6 nitrogen and oxygen atoms in total. The molecule has 0 aliphatic carbocycles. The van der Waals surface area contributed by atoms with Gasteiger partial charge in [0.1, 0.15) is 11.6 Å². The van der Waals surface area contributed by atoms with E-state index in [0.717, 1.165) is 5.76 Å². The van der Waals surface area contributed by atoms with E-state index in [-0.39, 0.29) is 11.0 Å². The van der Waals surface area contributed by atoms with Gasteiger partial charge in [0.15, 0.2) is 5.82 Å². The number of rotatable bonds is 5. The summed E-state index contributed by atoms with van der Waals surface area (Å²) >= 11 is 5.72. The van der Waals surface area contributed by atoms with Gasteiger partial charge in [-0.2, -0.15) is 10.1 Å². The van der Waals surface area contributed by atoms with Gasteiger partial charge in [0.25, 0.3) is 0 Å². The Bertz CT molecular complexity index is 766. The zero-order chi connectivity index (χ0) is 15.4. The van der Waals surface area contributed by atoms with E-state index < -0.39 is 5.82 Å². The molecule has 0 fully saturated rings. The summed E-state index contributed by atoms with van der Waals surface area (Å²) in [5.41, 5.74) is 0.566. The van der Waals surface area contributed by atoms with Gasteiger partial charge in [-0.3, -0.25) is 0 Å². The number of nitrogens with one attached hydrogen (secondary N) is 2. The Hall–Kier alpha value is -2.67. The third-order valence-electron chi connectivity index (χ3n) is 2.76. The van der Waals surface area contributed by atoms with E-state index in [9.17, 15) is 4.39 Å². The van der Waals surface area contributed by atoms with Gasteiger partial charge in [0.05, 0.1) is 24.0 Å². The Kier molecular flexibility index (Phi) is 4.15. The van der Waals surface area contributed by atoms with Crippen molar-refractivity contribution in [2.75, 3.05) is 10.6 Å². The Morgan fingerprint density at radius 1 is 1.27 bits per heavy atom. The molecule has 2 heterocycles. The molecule has 0 aliphatic rings. The summed E-state index contributed by atoms with van der Waals surface area (Å²) in [6, 6.07) is 7.90. The molecular weight excluding hydrogens is 309 g/mol. The van der Waals surface area contributed by atoms with Crippen molar-refractivity contribution in [3.63, 3.8) is 0 Å². The zero-order valence-electron chi connectivity index (χ0n) is 11.3. The van der Waals surface area contributed by atoms with Gasteiger partial charge in [-0.1, -0.05) is 11.6 Å². The minimum atomic E-state index is -0.486. The average molecular weight is 320 g/mol. The molecule has 0 unspecified atom stereocenters. The van der Waals surface area contributed by atoms with Crippen LogP contribution in [0.2, 0.25) is 5.02 Å². The molecule has 22 heavy (non-hydrogen) atoms. The second-order valence-corrected chi connectivity index (χ2v) is 4.76. The number of nitrogens with zero attached hydrogens (tertiary/aromatic N) is 3. The number of anilines is 3. The molecule has 3 aromatic rings. The third-order valence-corrected chi connectivity index (χ3v) is 3.05. The van der Waals surface area contributed by atoms with Crippen LogP contribution in [-0.4, -0.2) is 15.2 Å². The van der Waals surface area contributed by atoms with E-state index in [4.69, 9.17) is 16.0 Å². The van der Waals surface area contributed by atoms with Gasteiger partial charge in [-0.15, -0.1) is 5.10 Å². The molecule has 0 bridgehead atoms. The molecule has 0 aliphatic heterocycles. The van der Waals surface area contributed by atoms with Crippen LogP contribution in [0.1, 0.15) is 5.76 Å². The van der Waals surface area contributed by atoms with Crippen LogP contribution in [0, 0.1) is 5.82 Å². The number of hydrogen-bond donors (Lipinski definition) is 2. The van der Waals surface area contributed by atoms with E-state index in [1.165, 1.54) is 24.4 Å². The normalized spacial score (nSPS) is 10.5. The summed E-state index contributed by atoms with van der Waals surface area (Å²) in [7, 11) is 0. The fraction of sp³-hybridized carbons (Fsp3) is 0.0714. The third kappa shape index (κ3) is 3.50. The Morgan fingerprint density at radius 3 is 2.95 bits per heavy atom. The predicted octanol–water partition coefficient (Wildman–Crippen LogP) is 3.61. The quantitative estimate of drug-likeness (QED) is 0.748. The monoisotopic (exact) mass is 319 g/mol. The first-order valence-electron chi connectivity index (χ1n) is 6.39. The summed E-state index contributed by atoms with van der Waals surface area (Å²) in [5.74, 6) is 1.09. The van der Waals surface area contributed by atoms with Crippen molar-refractivity contribution in [1.82, 2.24) is 15.2 Å². The highest BCUT2D eigenvalue weighted by Gasteiger charge is 2.05. The summed E-state index contributed by atoms with van der Waals surface area (Å²) in [6.07, 6.45) is 3.09. The minimum Gasteiger partial charge on any atom is -0.467 e. The molecule has 112 valence electrons. The van der Waals surface area contributed by atoms with Gasteiger partial charge in [0, 0.05) is 5.69 Å². The van der Waals surface area contributed by atoms with Crippen LogP contribution in [0.3, 0.4) is 0 Å². The van der Waals surface area contributed by atoms with Gasteiger partial charge in [-0.25, -0.2) is 4.39 Å². The summed E-state index contributed by atoms with van der Waals surface area (Å²) in [5, 5.41) is 13.7. The maximum absolute atomic E-state index is 13.1. The molecule has 3 rings (SSSR count). The van der Waals surface area contributed by atoms with Crippen LogP contribution in [0.15, 0.2) is 47.2 Å². The van der Waals surface area contributed by atoms with Crippen molar-refractivity contribution < 1.29 is 8.81 Å². The van der Waals surface area contributed by atoms with Crippen molar-refractivity contribution in [1.29, 1.82) is 0 Å². The second kappa shape index (κ2) is 6.40. The maximum Gasteiger partial charge on any atom is 0.249 e. The molecular formula is C14H11ClFN5O. The van der Waals surface area contributed by atoms with Crippen molar-refractivity contribution in [2.24, 2.45) is 0 Å². The maximum atomic E-state index is 13.1. The number of hydrogen-bond acceptors (Lipinski definition) is 6. The molecule has 8 heteroatoms. The molecule has 2 N–H and O–H groups in total. The summed E-state index contributed by atoms with van der Waals surface area (Å²) < 4.78 is 18.3. The molecule has 0 amide bonds. The fourth-order valence-electron chi connectivity index (χ4n) is 1.74. The van der Waals surface area contributed by atoms with Gasteiger partial charge >= 0.3 is 0 Å². The van der Waals surface area contributed by atoms with E-state index in [1.54, 1.807) is 12.3 Å². The highest BCUT2D eigenvalue weighted by Crippen LogP contribution is 2.21. The lowest BCUT2D eigenvalue weighted by Gasteiger charge is -2.07. The minimum absolute atomic E-state index is 0.0186. The number of benzene rings is 1. The lowest BCUT2D eigenvalue weighted by molar-refractivity contribution is 0.517. The number of aromatic nitrogens is 3. The summed E-state index contributed by atoms with van der Waals surface area (Å²) in [4.78, 5) is 4.25. The Labute approximate surface area is 130 Å². The van der Waals surface area contributed by atoms with Crippen molar-refractivity contribution in [2.45, 2.75) is 6.54 Å². The van der Waals surface area contributed by atoms with Crippen LogP contribution in [0.4, 0.5) is 21.8 Å². The van der Waals surface area contributed by atoms with Crippen molar-refractivity contribution in [3.05, 3.63) is 59.4 Å². The lowest BCUT2D eigenvalue weighted by Crippen LogP contribution is -2.05. The first kappa shape index (κ1) is 14.3. The molecule has 0 spiro atoms. The highest BCUT2D eigenvalue weighted by molar-refractivity contribution is 6.31. The lowest BCUT2D eigenvalue weighted by atomic mass is 10.3. The van der Waals surface area contributed by atoms with E-state index in [1.807, 2.05) is 6.07 Å². The van der Waals surface area contributed by atoms with Crippen LogP contribution < -0.4 is 10.6 Å². The van der Waals surface area contributed by atoms with E-state index in [2.05, 4.69) is 25.8 Å². The first-order chi connectivity index (χ1) is 10.7. The van der Waals surface area contributed by atoms with Gasteiger partial charge in [-0.05, 0) is 30.3 Å². The van der Waals surface area contributed by atoms with Gasteiger partial charge < -0.3 is 15.1 Å². The van der Waals surface area contributed by atoms with Crippen LogP contribution in [0.5, 0.6) is 0 Å². The molecule has 2 aromatic heterocycles. The van der Waals surface area contributed by atoms with Crippen molar-refractivity contribution in [3.8, 4) is 0 Å². The van der Waals surface area contributed by atoms with E-state index >= 15 is 0 Å². The molecule has 0 atom stereocenters. The SMILES string of the molecule is Fc1ccc(Nc2nncc(NCc3ccco3)n2)cc1Cl. The average Bonchev–Trinajstić information content (AvgIpc) is 3.03. The molecule has 0 saturated heterocycles. The standard InChI is InChI=1S/C14H11ClFN5O/c15-11-6-9(3-4-12(11)16)19-14-20-13(8-18-21-14)17-7-10-2-1-5-22-10/h1-6,8H,7H2,(H2,17,19,20,21). The Morgan fingerprint density at radius 2 is 2.18 bits per heavy atom. The number of halogens is 2. The highest BCUT2D eigenvalue weighted by atomic mass is 35.5. The van der Waals surface area contributed by atoms with E-state index in [0.29, 0.717) is 18.1 Å². The predicted molar refractivity (Wildman–Crippen MR) is 80.6 cm³/mol. The molecule has 0 radical (unpaired) electrons. The number of furan rings is 1. The summed E-state index contributed by atoms with van der Waals surface area (Å²) in [6.45, 7) is 0.480. The topological polar surface area (TPSA) is 75.9 Å². The van der Waals surface area contributed by atoms with Crippen molar-refractivity contribution >= 4 is 29.1 Å². The van der Waals surface area contributed by atoms with Crippen LogP contribution >= 0.6 is 11.6 Å². The largest absolute Gasteiger partial charge is 0.467 e. The Balaban J connectivity index is 1.69. The van der Waals surface area contributed by atoms with Crippen LogP contribution in [-0.2, 0) is 6.54 Å². The second-order valence-electron chi connectivity index (χ2n) is 4.35. The molecule has 0 saturated carbocycles. The van der Waals surface area contributed by atoms with Crippen LogP contribution in [0.25, 0.3) is 0 Å². The zero-order valence-corrected chi connectivity index (χ0v) is 12.0. The smallest absolute Gasteiger partial charge is 0.249 e.